The fourth-order valence-corrected chi connectivity index (χ4v) is 1.66. The van der Waals surface area contributed by atoms with E-state index in [0.29, 0.717) is 6.42 Å². The third-order valence-electron chi connectivity index (χ3n) is 2.27. The molecule has 0 aliphatic heterocycles. The van der Waals surface area contributed by atoms with Gasteiger partial charge in [-0.1, -0.05) is 24.3 Å². The summed E-state index contributed by atoms with van der Waals surface area (Å²) in [5, 5.41) is 11.7. The van der Waals surface area contributed by atoms with E-state index in [9.17, 15) is 5.11 Å². The van der Waals surface area contributed by atoms with Crippen LogP contribution in [0.3, 0.4) is 0 Å². The van der Waals surface area contributed by atoms with Crippen molar-refractivity contribution < 1.29 is 5.11 Å². The predicted molar refractivity (Wildman–Crippen MR) is 57.1 cm³/mol. The van der Waals surface area contributed by atoms with E-state index >= 15 is 0 Å². The normalized spacial score (nSPS) is 13.0. The number of benzene rings is 1. The van der Waals surface area contributed by atoms with Crippen LogP contribution in [-0.4, -0.2) is 16.2 Å². The number of nitrogens with zero attached hydrogens (tertiary/aromatic N) is 1. The van der Waals surface area contributed by atoms with Crippen molar-refractivity contribution >= 4 is 10.8 Å². The molecule has 0 fully saturated rings. The van der Waals surface area contributed by atoms with Gasteiger partial charge < -0.3 is 5.11 Å². The number of hydrogen-bond donors (Lipinski definition) is 1. The highest BCUT2D eigenvalue weighted by Gasteiger charge is 2.03. The van der Waals surface area contributed by atoms with Gasteiger partial charge in [0.25, 0.3) is 0 Å². The number of aromatic nitrogens is 1. The summed E-state index contributed by atoms with van der Waals surface area (Å²) >= 11 is 0. The van der Waals surface area contributed by atoms with Crippen molar-refractivity contribution in [2.24, 2.45) is 0 Å². The van der Waals surface area contributed by atoms with Crippen molar-refractivity contribution in [3.05, 3.63) is 42.2 Å². The molecule has 0 unspecified atom stereocenters. The maximum atomic E-state index is 9.34. The van der Waals surface area contributed by atoms with Crippen molar-refractivity contribution in [3.63, 3.8) is 0 Å². The Morgan fingerprint density at radius 2 is 2.07 bits per heavy atom. The minimum Gasteiger partial charge on any atom is -0.393 e. The second-order valence-electron chi connectivity index (χ2n) is 3.57. The first-order valence-electron chi connectivity index (χ1n) is 4.77. The summed E-state index contributed by atoms with van der Waals surface area (Å²) in [5.41, 5.74) is 1.11. The van der Waals surface area contributed by atoms with E-state index in [4.69, 9.17) is 0 Å². The van der Waals surface area contributed by atoms with Crippen LogP contribution >= 0.6 is 0 Å². The Morgan fingerprint density at radius 3 is 2.86 bits per heavy atom. The van der Waals surface area contributed by atoms with Gasteiger partial charge in [-0.25, -0.2) is 0 Å². The molecule has 1 atom stereocenters. The molecule has 1 aromatic heterocycles. The van der Waals surface area contributed by atoms with Crippen LogP contribution in [0.25, 0.3) is 10.8 Å². The van der Waals surface area contributed by atoms with Crippen molar-refractivity contribution in [1.82, 2.24) is 4.98 Å². The van der Waals surface area contributed by atoms with E-state index in [-0.39, 0.29) is 6.10 Å². The molecule has 1 N–H and O–H groups in total. The fraction of sp³-hybridized carbons (Fsp3) is 0.250. The first-order chi connectivity index (χ1) is 6.77. The van der Waals surface area contributed by atoms with Crippen molar-refractivity contribution in [1.29, 1.82) is 0 Å². The Morgan fingerprint density at radius 1 is 1.29 bits per heavy atom. The molecule has 2 rings (SSSR count). The van der Waals surface area contributed by atoms with Gasteiger partial charge in [-0.2, -0.15) is 0 Å². The highest BCUT2D eigenvalue weighted by atomic mass is 16.3. The molecule has 1 aromatic carbocycles. The fourth-order valence-electron chi connectivity index (χ4n) is 1.66. The summed E-state index contributed by atoms with van der Waals surface area (Å²) in [7, 11) is 0. The number of aliphatic hydroxyl groups excluding tert-OH is 1. The molecular weight excluding hydrogens is 174 g/mol. The van der Waals surface area contributed by atoms with Gasteiger partial charge in [0.2, 0.25) is 0 Å². The molecule has 0 saturated heterocycles. The van der Waals surface area contributed by atoms with Crippen molar-refractivity contribution in [3.8, 4) is 0 Å². The van der Waals surface area contributed by atoms with Crippen LogP contribution < -0.4 is 0 Å². The van der Waals surface area contributed by atoms with Gasteiger partial charge in [-0.3, -0.25) is 4.98 Å². The second kappa shape index (κ2) is 3.76. The number of rotatable bonds is 2. The van der Waals surface area contributed by atoms with Crippen LogP contribution in [0.4, 0.5) is 0 Å². The lowest BCUT2D eigenvalue weighted by atomic mass is 10.0. The van der Waals surface area contributed by atoms with E-state index in [1.54, 1.807) is 6.92 Å². The molecule has 72 valence electrons. The maximum Gasteiger partial charge on any atom is 0.0553 e. The quantitative estimate of drug-likeness (QED) is 0.781. The number of aliphatic hydroxyl groups is 1. The van der Waals surface area contributed by atoms with Gasteiger partial charge in [0.05, 0.1) is 6.10 Å². The smallest absolute Gasteiger partial charge is 0.0553 e. The summed E-state index contributed by atoms with van der Waals surface area (Å²) in [5.74, 6) is 0. The first kappa shape index (κ1) is 9.16. The van der Waals surface area contributed by atoms with Gasteiger partial charge in [-0.15, -0.1) is 0 Å². The molecule has 2 nitrogen and oxygen atoms in total. The molecule has 2 heteroatoms. The molecule has 0 aliphatic rings. The zero-order valence-electron chi connectivity index (χ0n) is 8.14. The predicted octanol–water partition coefficient (Wildman–Crippen LogP) is 2.16. The van der Waals surface area contributed by atoms with Gasteiger partial charge in [0.15, 0.2) is 0 Å². The van der Waals surface area contributed by atoms with Crippen LogP contribution in [0.5, 0.6) is 0 Å². The molecule has 0 radical (unpaired) electrons. The molecule has 0 amide bonds. The highest BCUT2D eigenvalue weighted by Crippen LogP contribution is 2.18. The van der Waals surface area contributed by atoms with E-state index in [0.717, 1.165) is 10.9 Å². The lowest BCUT2D eigenvalue weighted by molar-refractivity contribution is 0.196. The molecule has 0 spiro atoms. The number of fused-ring (bicyclic) bond motifs is 1. The van der Waals surface area contributed by atoms with Crippen LogP contribution in [0.1, 0.15) is 12.5 Å². The molecule has 0 bridgehead atoms. The van der Waals surface area contributed by atoms with Crippen LogP contribution in [0.2, 0.25) is 0 Å². The van der Waals surface area contributed by atoms with Crippen molar-refractivity contribution in [2.75, 3.05) is 0 Å². The van der Waals surface area contributed by atoms with Gasteiger partial charge >= 0.3 is 0 Å². The minimum absolute atomic E-state index is 0.317. The SMILES string of the molecule is C[C@H](O)Cc1cncc2ccccc12. The van der Waals surface area contributed by atoms with E-state index < -0.39 is 0 Å². The molecule has 1 heterocycles. The first-order valence-corrected chi connectivity index (χ1v) is 4.77. The third kappa shape index (κ3) is 1.75. The molecular formula is C12H13NO. The largest absolute Gasteiger partial charge is 0.393 e. The monoisotopic (exact) mass is 187 g/mol. The third-order valence-corrected chi connectivity index (χ3v) is 2.27. The zero-order valence-corrected chi connectivity index (χ0v) is 8.14. The molecule has 2 aromatic rings. The highest BCUT2D eigenvalue weighted by molar-refractivity contribution is 5.84. The molecule has 0 aliphatic carbocycles. The summed E-state index contributed by atoms with van der Waals surface area (Å²) in [6.07, 6.45) is 4.02. The van der Waals surface area contributed by atoms with E-state index in [1.165, 1.54) is 5.39 Å². The van der Waals surface area contributed by atoms with E-state index in [2.05, 4.69) is 11.1 Å². The van der Waals surface area contributed by atoms with Crippen molar-refractivity contribution in [2.45, 2.75) is 19.4 Å². The Kier molecular flexibility index (Phi) is 2.46. The number of pyridine rings is 1. The summed E-state index contributed by atoms with van der Waals surface area (Å²) in [6.45, 7) is 1.79. The molecule has 0 saturated carbocycles. The summed E-state index contributed by atoms with van der Waals surface area (Å²) in [4.78, 5) is 4.15. The number of hydrogen-bond acceptors (Lipinski definition) is 2. The Bertz CT molecular complexity index is 432. The molecule has 14 heavy (non-hydrogen) atoms. The lowest BCUT2D eigenvalue weighted by Gasteiger charge is -2.07. The standard InChI is InChI=1S/C12H13NO/c1-9(14)6-11-8-13-7-10-4-2-3-5-12(10)11/h2-5,7-9,14H,6H2,1H3/t9-/m0/s1. The maximum absolute atomic E-state index is 9.34. The summed E-state index contributed by atoms with van der Waals surface area (Å²) < 4.78 is 0. The minimum atomic E-state index is -0.317. The average molecular weight is 187 g/mol. The Labute approximate surface area is 83.2 Å². The van der Waals surface area contributed by atoms with Gasteiger partial charge in [0, 0.05) is 24.2 Å². The van der Waals surface area contributed by atoms with Crippen LogP contribution in [0.15, 0.2) is 36.7 Å². The average Bonchev–Trinajstić information content (AvgIpc) is 2.18. The second-order valence-corrected chi connectivity index (χ2v) is 3.57. The Balaban J connectivity index is 2.53. The topological polar surface area (TPSA) is 33.1 Å². The van der Waals surface area contributed by atoms with Gasteiger partial charge in [0.1, 0.15) is 0 Å². The van der Waals surface area contributed by atoms with Gasteiger partial charge in [-0.05, 0) is 17.9 Å². The lowest BCUT2D eigenvalue weighted by Crippen LogP contribution is -2.04. The summed E-state index contributed by atoms with van der Waals surface area (Å²) in [6, 6.07) is 8.10. The van der Waals surface area contributed by atoms with Crippen LogP contribution in [0, 0.1) is 0 Å². The Hall–Kier alpha value is -1.41. The van der Waals surface area contributed by atoms with Crippen LogP contribution in [-0.2, 0) is 6.42 Å². The zero-order chi connectivity index (χ0) is 9.97. The van der Waals surface area contributed by atoms with E-state index in [1.807, 2.05) is 30.6 Å².